The van der Waals surface area contributed by atoms with Crippen molar-refractivity contribution in [2.45, 2.75) is 19.6 Å². The van der Waals surface area contributed by atoms with Crippen molar-refractivity contribution in [3.63, 3.8) is 0 Å². The highest BCUT2D eigenvalue weighted by atomic mass is 79.9. The first-order valence-corrected chi connectivity index (χ1v) is 7.67. The molecule has 0 aliphatic heterocycles. The number of rotatable bonds is 4. The molecular formula is C15H14Br2FNO. The molecule has 0 aromatic heterocycles. The van der Waals surface area contributed by atoms with Gasteiger partial charge in [0.25, 0.3) is 0 Å². The molecule has 2 aromatic carbocycles. The summed E-state index contributed by atoms with van der Waals surface area (Å²) < 4.78 is 21.1. The SMILES string of the molecule is C[C@H](N)c1cc(Br)ccc1OCc1cc(Br)ccc1F. The van der Waals surface area contributed by atoms with Crippen molar-refractivity contribution in [3.05, 3.63) is 62.3 Å². The molecule has 0 saturated heterocycles. The Kier molecular flexibility index (Phi) is 5.18. The van der Waals surface area contributed by atoms with Crippen LogP contribution in [0.5, 0.6) is 5.75 Å². The summed E-state index contributed by atoms with van der Waals surface area (Å²) in [4.78, 5) is 0. The quantitative estimate of drug-likeness (QED) is 0.785. The first-order chi connectivity index (χ1) is 9.47. The Hall–Kier alpha value is -0.910. The largest absolute Gasteiger partial charge is 0.488 e. The summed E-state index contributed by atoms with van der Waals surface area (Å²) in [6, 6.07) is 10.2. The summed E-state index contributed by atoms with van der Waals surface area (Å²) >= 11 is 6.73. The normalized spacial score (nSPS) is 12.2. The molecular weight excluding hydrogens is 389 g/mol. The predicted octanol–water partition coefficient (Wildman–Crippen LogP) is 4.95. The van der Waals surface area contributed by atoms with E-state index in [1.807, 2.05) is 25.1 Å². The Balaban J connectivity index is 2.20. The van der Waals surface area contributed by atoms with E-state index >= 15 is 0 Å². The van der Waals surface area contributed by atoms with Gasteiger partial charge in [0.2, 0.25) is 0 Å². The van der Waals surface area contributed by atoms with E-state index in [9.17, 15) is 4.39 Å². The van der Waals surface area contributed by atoms with Crippen LogP contribution in [0.1, 0.15) is 24.1 Å². The van der Waals surface area contributed by atoms with Crippen LogP contribution in [0.25, 0.3) is 0 Å². The number of halogens is 3. The van der Waals surface area contributed by atoms with Crippen LogP contribution in [0.2, 0.25) is 0 Å². The monoisotopic (exact) mass is 401 g/mol. The molecule has 0 saturated carbocycles. The molecule has 2 aromatic rings. The van der Waals surface area contributed by atoms with Crippen LogP contribution >= 0.6 is 31.9 Å². The molecule has 0 unspecified atom stereocenters. The minimum absolute atomic E-state index is 0.158. The molecule has 0 aliphatic carbocycles. The van der Waals surface area contributed by atoms with Gasteiger partial charge in [-0.05, 0) is 43.3 Å². The lowest BCUT2D eigenvalue weighted by Gasteiger charge is -2.15. The van der Waals surface area contributed by atoms with E-state index in [1.165, 1.54) is 6.07 Å². The maximum atomic E-state index is 13.7. The molecule has 0 spiro atoms. The van der Waals surface area contributed by atoms with Gasteiger partial charge in [-0.25, -0.2) is 4.39 Å². The van der Waals surface area contributed by atoms with Crippen LogP contribution in [-0.4, -0.2) is 0 Å². The van der Waals surface area contributed by atoms with Crippen molar-refractivity contribution in [1.29, 1.82) is 0 Å². The maximum Gasteiger partial charge on any atom is 0.129 e. The summed E-state index contributed by atoms with van der Waals surface area (Å²) in [5, 5.41) is 0. The van der Waals surface area contributed by atoms with Crippen LogP contribution in [0.15, 0.2) is 45.3 Å². The molecule has 0 aliphatic rings. The second-order valence-electron chi connectivity index (χ2n) is 4.50. The summed E-state index contributed by atoms with van der Waals surface area (Å²) in [5.74, 6) is 0.384. The molecule has 2 rings (SSSR count). The van der Waals surface area contributed by atoms with Gasteiger partial charge in [0.15, 0.2) is 0 Å². The summed E-state index contributed by atoms with van der Waals surface area (Å²) in [6.07, 6.45) is 0. The van der Waals surface area contributed by atoms with E-state index in [0.717, 1.165) is 14.5 Å². The number of hydrogen-bond donors (Lipinski definition) is 1. The minimum atomic E-state index is -0.285. The van der Waals surface area contributed by atoms with Gasteiger partial charge < -0.3 is 10.5 Å². The lowest BCUT2D eigenvalue weighted by Crippen LogP contribution is -2.08. The van der Waals surface area contributed by atoms with Gasteiger partial charge in [0.1, 0.15) is 18.2 Å². The van der Waals surface area contributed by atoms with Crippen molar-refractivity contribution in [1.82, 2.24) is 0 Å². The number of benzene rings is 2. The maximum absolute atomic E-state index is 13.7. The zero-order valence-electron chi connectivity index (χ0n) is 10.9. The smallest absolute Gasteiger partial charge is 0.129 e. The topological polar surface area (TPSA) is 35.2 Å². The second-order valence-corrected chi connectivity index (χ2v) is 6.33. The Morgan fingerprint density at radius 2 is 1.80 bits per heavy atom. The fourth-order valence-corrected chi connectivity index (χ4v) is 2.60. The summed E-state index contributed by atoms with van der Waals surface area (Å²) in [6.45, 7) is 2.04. The van der Waals surface area contributed by atoms with Crippen molar-refractivity contribution in [2.75, 3.05) is 0 Å². The van der Waals surface area contributed by atoms with Gasteiger partial charge in [0, 0.05) is 26.1 Å². The zero-order chi connectivity index (χ0) is 14.7. The molecule has 0 fully saturated rings. The third-order valence-corrected chi connectivity index (χ3v) is 3.84. The van der Waals surface area contributed by atoms with E-state index in [1.54, 1.807) is 12.1 Å². The minimum Gasteiger partial charge on any atom is -0.488 e. The first kappa shape index (κ1) is 15.5. The van der Waals surface area contributed by atoms with Crippen molar-refractivity contribution in [2.24, 2.45) is 5.73 Å². The molecule has 0 amide bonds. The van der Waals surface area contributed by atoms with Crippen molar-refractivity contribution < 1.29 is 9.13 Å². The highest BCUT2D eigenvalue weighted by Crippen LogP contribution is 2.28. The highest BCUT2D eigenvalue weighted by molar-refractivity contribution is 9.10. The lowest BCUT2D eigenvalue weighted by atomic mass is 10.1. The fourth-order valence-electron chi connectivity index (χ4n) is 1.82. The number of nitrogens with two attached hydrogens (primary N) is 1. The molecule has 106 valence electrons. The van der Waals surface area contributed by atoms with Crippen LogP contribution in [0, 0.1) is 5.82 Å². The van der Waals surface area contributed by atoms with E-state index < -0.39 is 0 Å². The highest BCUT2D eigenvalue weighted by Gasteiger charge is 2.10. The molecule has 2 N–H and O–H groups in total. The van der Waals surface area contributed by atoms with E-state index in [-0.39, 0.29) is 18.5 Å². The van der Waals surface area contributed by atoms with Gasteiger partial charge >= 0.3 is 0 Å². The molecule has 20 heavy (non-hydrogen) atoms. The van der Waals surface area contributed by atoms with Crippen LogP contribution < -0.4 is 10.5 Å². The summed E-state index contributed by atoms with van der Waals surface area (Å²) in [7, 11) is 0. The van der Waals surface area contributed by atoms with Gasteiger partial charge in [-0.15, -0.1) is 0 Å². The molecule has 1 atom stereocenters. The van der Waals surface area contributed by atoms with Gasteiger partial charge in [-0.2, -0.15) is 0 Å². The summed E-state index contributed by atoms with van der Waals surface area (Å²) in [5.41, 5.74) is 7.31. The third kappa shape index (κ3) is 3.81. The number of hydrogen-bond acceptors (Lipinski definition) is 2. The molecule has 0 bridgehead atoms. The Labute approximate surface area is 134 Å². The van der Waals surface area contributed by atoms with E-state index in [0.29, 0.717) is 11.3 Å². The standard InChI is InChI=1S/C15H14Br2FNO/c1-9(19)13-7-12(17)3-5-15(13)20-8-10-6-11(16)2-4-14(10)18/h2-7,9H,8,19H2,1H3/t9-/m0/s1. The molecule has 2 nitrogen and oxygen atoms in total. The van der Waals surface area contributed by atoms with E-state index in [4.69, 9.17) is 10.5 Å². The third-order valence-electron chi connectivity index (χ3n) is 2.85. The average Bonchev–Trinajstić information content (AvgIpc) is 2.40. The van der Waals surface area contributed by atoms with Gasteiger partial charge in [0.05, 0.1) is 0 Å². The first-order valence-electron chi connectivity index (χ1n) is 6.09. The molecule has 0 heterocycles. The fraction of sp³-hybridized carbons (Fsp3) is 0.200. The van der Waals surface area contributed by atoms with Crippen LogP contribution in [0.4, 0.5) is 4.39 Å². The van der Waals surface area contributed by atoms with Gasteiger partial charge in [-0.3, -0.25) is 0 Å². The number of ether oxygens (including phenoxy) is 1. The Morgan fingerprint density at radius 3 is 2.50 bits per heavy atom. The van der Waals surface area contributed by atoms with Crippen molar-refractivity contribution >= 4 is 31.9 Å². The Morgan fingerprint density at radius 1 is 1.15 bits per heavy atom. The Bertz CT molecular complexity index is 617. The molecule has 0 radical (unpaired) electrons. The lowest BCUT2D eigenvalue weighted by molar-refractivity contribution is 0.295. The van der Waals surface area contributed by atoms with Gasteiger partial charge in [-0.1, -0.05) is 31.9 Å². The predicted molar refractivity (Wildman–Crippen MR) is 85.2 cm³/mol. The molecule has 5 heteroatoms. The van der Waals surface area contributed by atoms with E-state index in [2.05, 4.69) is 31.9 Å². The second kappa shape index (κ2) is 6.70. The van der Waals surface area contributed by atoms with Crippen LogP contribution in [0.3, 0.4) is 0 Å². The zero-order valence-corrected chi connectivity index (χ0v) is 14.0. The van der Waals surface area contributed by atoms with Crippen LogP contribution in [-0.2, 0) is 6.61 Å². The van der Waals surface area contributed by atoms with Crippen molar-refractivity contribution in [3.8, 4) is 5.75 Å². The average molecular weight is 403 g/mol.